The molecule has 6 amide bonds. The van der Waals surface area contributed by atoms with E-state index in [0.29, 0.717) is 30.0 Å². The molecule has 56 heavy (non-hydrogen) atoms. The monoisotopic (exact) mass is 782 g/mol. The lowest BCUT2D eigenvalue weighted by molar-refractivity contribution is -0.149. The van der Waals surface area contributed by atoms with Crippen molar-refractivity contribution in [1.82, 2.24) is 31.3 Å². The molecular weight excluding hydrogens is 732 g/mol. The molecule has 5 atom stereocenters. The molecule has 0 radical (unpaired) electrons. The maximum absolute atomic E-state index is 13.5. The number of aliphatic hydroxyl groups excluding tert-OH is 1. The predicted molar refractivity (Wildman–Crippen MR) is 200 cm³/mol. The van der Waals surface area contributed by atoms with Crippen LogP contribution in [-0.4, -0.2) is 117 Å². The Morgan fingerprint density at radius 3 is 1.89 bits per heavy atom. The minimum Gasteiger partial charge on any atom is -0.481 e. The van der Waals surface area contributed by atoms with Gasteiger partial charge in [0.2, 0.25) is 17.7 Å². The van der Waals surface area contributed by atoms with Gasteiger partial charge in [0, 0.05) is 32.2 Å². The predicted octanol–water partition coefficient (Wildman–Crippen LogP) is 0.744. The van der Waals surface area contributed by atoms with Crippen LogP contribution < -0.4 is 21.4 Å². The van der Waals surface area contributed by atoms with E-state index in [1.54, 1.807) is 44.2 Å². The summed E-state index contributed by atoms with van der Waals surface area (Å²) in [4.78, 5) is 103. The molecule has 0 aliphatic rings. The molecule has 2 aromatic carbocycles. The highest BCUT2D eigenvalue weighted by molar-refractivity contribution is 5.99. The number of alkyl carbamates (subject to hydrolysis) is 1. The van der Waals surface area contributed by atoms with Crippen molar-refractivity contribution in [3.8, 4) is 0 Å². The second-order valence-electron chi connectivity index (χ2n) is 12.9. The smallest absolute Gasteiger partial charge is 0.408 e. The Kier molecular flexibility index (Phi) is 19.2. The number of hydrazine groups is 1. The molecular formula is C38H50N6O12. The maximum atomic E-state index is 13.5. The normalized spacial score (nSPS) is 13.5. The zero-order valence-corrected chi connectivity index (χ0v) is 31.7. The second-order valence-corrected chi connectivity index (χ2v) is 12.9. The minimum atomic E-state index is -1.86. The number of carbonyl (C=O) groups is 8. The summed E-state index contributed by atoms with van der Waals surface area (Å²) in [5.74, 6) is -8.32. The number of amides is 6. The number of nitrogens with zero attached hydrogens (tertiary/aromatic N) is 2. The van der Waals surface area contributed by atoms with Crippen LogP contribution in [0.25, 0.3) is 0 Å². The van der Waals surface area contributed by atoms with Crippen LogP contribution in [0.15, 0.2) is 72.8 Å². The van der Waals surface area contributed by atoms with E-state index in [2.05, 4.69) is 16.0 Å². The van der Waals surface area contributed by atoms with Crippen LogP contribution in [0, 0.1) is 5.92 Å². The standard InChI is InChI=1S/C38H50N6O12/c1-5-24(2)33(41-38(55)56-23-27-14-10-7-11-15-27)36(53)39-28(16-19-31(48)49)35(52)40-34(25(3)45)37(54)42-44(22-32(50)51)30(47)18-17-29(46)43(4)21-20-26-12-8-6-9-13-26/h6-15,17-18,24-25,28,33-34,45H,5,16,19-23H2,1-4H3,(H,39,53)(H,40,52)(H,41,55)(H,42,54)(H,48,49)(H,50,51)/b18-17+/t24-,25+,28-,33-,34-/m0/s1. The molecule has 0 aliphatic carbocycles. The van der Waals surface area contributed by atoms with Gasteiger partial charge in [0.05, 0.1) is 6.10 Å². The average Bonchev–Trinajstić information content (AvgIpc) is 3.17. The van der Waals surface area contributed by atoms with Crippen LogP contribution in [0.2, 0.25) is 0 Å². The molecule has 18 nitrogen and oxygen atoms in total. The van der Waals surface area contributed by atoms with E-state index < -0.39 is 97.1 Å². The number of hydrogen-bond acceptors (Lipinski definition) is 10. The molecule has 0 fully saturated rings. The summed E-state index contributed by atoms with van der Waals surface area (Å²) in [5, 5.41) is 36.6. The number of hydrogen-bond donors (Lipinski definition) is 7. The van der Waals surface area contributed by atoms with Crippen LogP contribution in [0.5, 0.6) is 0 Å². The molecule has 0 spiro atoms. The van der Waals surface area contributed by atoms with Crippen LogP contribution >= 0.6 is 0 Å². The highest BCUT2D eigenvalue weighted by Crippen LogP contribution is 2.11. The fourth-order valence-corrected chi connectivity index (χ4v) is 4.97. The third kappa shape index (κ3) is 16.4. The molecule has 18 heteroatoms. The van der Waals surface area contributed by atoms with Gasteiger partial charge >= 0.3 is 18.0 Å². The van der Waals surface area contributed by atoms with Gasteiger partial charge in [0.1, 0.15) is 31.3 Å². The van der Waals surface area contributed by atoms with Crippen molar-refractivity contribution in [3.05, 3.63) is 83.9 Å². The maximum Gasteiger partial charge on any atom is 0.408 e. The van der Waals surface area contributed by atoms with E-state index in [-0.39, 0.29) is 6.61 Å². The van der Waals surface area contributed by atoms with E-state index in [1.807, 2.05) is 35.8 Å². The molecule has 0 bridgehead atoms. The van der Waals surface area contributed by atoms with Gasteiger partial charge in [-0.15, -0.1) is 0 Å². The van der Waals surface area contributed by atoms with Gasteiger partial charge in [-0.2, -0.15) is 0 Å². The average molecular weight is 783 g/mol. The summed E-state index contributed by atoms with van der Waals surface area (Å²) in [7, 11) is 1.50. The molecule has 0 aliphatic heterocycles. The lowest BCUT2D eigenvalue weighted by atomic mass is 9.97. The van der Waals surface area contributed by atoms with Crippen LogP contribution in [0.4, 0.5) is 4.79 Å². The van der Waals surface area contributed by atoms with Crippen LogP contribution in [0.1, 0.15) is 51.2 Å². The Morgan fingerprint density at radius 1 is 0.750 bits per heavy atom. The molecule has 0 heterocycles. The largest absolute Gasteiger partial charge is 0.481 e. The van der Waals surface area contributed by atoms with Gasteiger partial charge in [-0.05, 0) is 36.8 Å². The third-order valence-corrected chi connectivity index (χ3v) is 8.45. The number of benzene rings is 2. The number of aliphatic hydroxyl groups is 1. The van der Waals surface area contributed by atoms with Crippen molar-refractivity contribution < 1.29 is 58.4 Å². The van der Waals surface area contributed by atoms with Crippen molar-refractivity contribution in [1.29, 1.82) is 0 Å². The number of likely N-dealkylation sites (N-methyl/N-ethyl adjacent to an activating group) is 1. The van der Waals surface area contributed by atoms with Crippen molar-refractivity contribution in [2.45, 2.75) is 77.3 Å². The van der Waals surface area contributed by atoms with E-state index >= 15 is 0 Å². The lowest BCUT2D eigenvalue weighted by Crippen LogP contribution is -2.61. The number of carboxylic acids is 2. The van der Waals surface area contributed by atoms with E-state index in [9.17, 15) is 53.7 Å². The minimum absolute atomic E-state index is 0.0929. The molecule has 0 saturated heterocycles. The van der Waals surface area contributed by atoms with E-state index in [4.69, 9.17) is 4.74 Å². The molecule has 0 unspecified atom stereocenters. The van der Waals surface area contributed by atoms with Gasteiger partial charge in [0.25, 0.3) is 11.8 Å². The first-order chi connectivity index (χ1) is 26.5. The van der Waals surface area contributed by atoms with E-state index in [0.717, 1.165) is 24.6 Å². The Bertz CT molecular complexity index is 1690. The summed E-state index contributed by atoms with van der Waals surface area (Å²) < 4.78 is 5.23. The molecule has 0 saturated carbocycles. The van der Waals surface area contributed by atoms with Crippen molar-refractivity contribution >= 4 is 47.6 Å². The summed E-state index contributed by atoms with van der Waals surface area (Å²) in [5.41, 5.74) is 3.68. The fourth-order valence-electron chi connectivity index (χ4n) is 4.97. The fraction of sp³-hybridized carbons (Fsp3) is 0.421. The van der Waals surface area contributed by atoms with Gasteiger partial charge in [-0.3, -0.25) is 39.0 Å². The Balaban J connectivity index is 2.17. The lowest BCUT2D eigenvalue weighted by Gasteiger charge is -2.29. The molecule has 304 valence electrons. The number of carboxylic acid groups (broad SMARTS) is 2. The number of rotatable bonds is 21. The van der Waals surface area contributed by atoms with Crippen LogP contribution in [-0.2, 0) is 51.3 Å². The molecule has 2 aromatic rings. The van der Waals surface area contributed by atoms with Gasteiger partial charge in [-0.1, -0.05) is 80.9 Å². The topological polar surface area (TPSA) is 261 Å². The summed E-state index contributed by atoms with van der Waals surface area (Å²) in [6.45, 7) is 3.64. The highest BCUT2D eigenvalue weighted by Gasteiger charge is 2.34. The Labute approximate surface area is 324 Å². The first-order valence-corrected chi connectivity index (χ1v) is 17.8. The summed E-state index contributed by atoms with van der Waals surface area (Å²) in [6.07, 6.45) is -1.12. The zero-order chi connectivity index (χ0) is 41.8. The summed E-state index contributed by atoms with van der Waals surface area (Å²) >= 11 is 0. The van der Waals surface area contributed by atoms with Crippen molar-refractivity contribution in [2.24, 2.45) is 5.92 Å². The van der Waals surface area contributed by atoms with Crippen LogP contribution in [0.3, 0.4) is 0 Å². The van der Waals surface area contributed by atoms with Gasteiger partial charge in [0.15, 0.2) is 0 Å². The first-order valence-electron chi connectivity index (χ1n) is 17.8. The first kappa shape index (κ1) is 45.9. The highest BCUT2D eigenvalue weighted by atomic mass is 16.5. The SMILES string of the molecule is CC[C@H](C)[C@H](NC(=O)OCc1ccccc1)C(=O)N[C@@H](CCC(=O)O)C(=O)N[C@H](C(=O)NN(CC(=O)O)C(=O)/C=C/C(=O)N(C)CCc1ccccc1)[C@@H](C)O. The molecule has 2 rings (SSSR count). The Hall–Kier alpha value is -6.30. The number of ether oxygens (including phenoxy) is 1. The van der Waals surface area contributed by atoms with Crippen molar-refractivity contribution in [2.75, 3.05) is 20.1 Å². The molecule has 7 N–H and O–H groups in total. The van der Waals surface area contributed by atoms with Gasteiger partial charge in [-0.25, -0.2) is 9.80 Å². The number of aliphatic carboxylic acids is 2. The quantitative estimate of drug-likeness (QED) is 0.0684. The number of nitrogens with one attached hydrogen (secondary N) is 4. The Morgan fingerprint density at radius 2 is 1.34 bits per heavy atom. The van der Waals surface area contributed by atoms with Crippen molar-refractivity contribution in [3.63, 3.8) is 0 Å². The number of carbonyl (C=O) groups excluding carboxylic acids is 6. The van der Waals surface area contributed by atoms with E-state index in [1.165, 1.54) is 11.9 Å². The molecule has 0 aromatic heterocycles. The zero-order valence-electron chi connectivity index (χ0n) is 31.7. The summed E-state index contributed by atoms with van der Waals surface area (Å²) in [6, 6.07) is 13.4. The third-order valence-electron chi connectivity index (χ3n) is 8.45. The van der Waals surface area contributed by atoms with Gasteiger partial charge < -0.3 is 40.9 Å². The second kappa shape index (κ2) is 23.5.